The first kappa shape index (κ1) is 56.0. The number of nitrogens with one attached hydrogen (secondary N) is 5. The zero-order valence-corrected chi connectivity index (χ0v) is 44.6. The summed E-state index contributed by atoms with van der Waals surface area (Å²) in [5, 5.41) is 26.5. The highest BCUT2D eigenvalue weighted by atomic mass is 79.9. The summed E-state index contributed by atoms with van der Waals surface area (Å²) >= 11 is 4.38. The quantitative estimate of drug-likeness (QED) is 0.0311. The highest BCUT2D eigenvalue weighted by Crippen LogP contribution is 2.70. The van der Waals surface area contributed by atoms with Crippen molar-refractivity contribution in [1.29, 1.82) is 0 Å². The van der Waals surface area contributed by atoms with Crippen LogP contribution in [0.3, 0.4) is 0 Å². The van der Waals surface area contributed by atoms with Crippen LogP contribution in [0.4, 0.5) is 0 Å². The molecule has 402 valence electrons. The summed E-state index contributed by atoms with van der Waals surface area (Å²) in [7, 11) is -5.03. The van der Waals surface area contributed by atoms with Crippen molar-refractivity contribution >= 4 is 76.2 Å². The molecule has 0 spiro atoms. The van der Waals surface area contributed by atoms with Gasteiger partial charge in [0.25, 0.3) is 0 Å². The number of ketones is 2. The van der Waals surface area contributed by atoms with Crippen molar-refractivity contribution in [3.63, 3.8) is 0 Å². The van der Waals surface area contributed by atoms with Crippen LogP contribution in [0.1, 0.15) is 73.0 Å². The van der Waals surface area contributed by atoms with Gasteiger partial charge in [0.15, 0.2) is 23.5 Å². The van der Waals surface area contributed by atoms with Crippen molar-refractivity contribution in [1.82, 2.24) is 26.6 Å². The van der Waals surface area contributed by atoms with E-state index in [9.17, 15) is 53.0 Å². The molecule has 0 unspecified atom stereocenters. The number of ether oxygens (including phenoxy) is 3. The molecule has 1 aromatic heterocycles. The monoisotopic (exact) mass is 1140 g/mol. The second kappa shape index (κ2) is 23.5. The van der Waals surface area contributed by atoms with E-state index in [1.54, 1.807) is 42.5 Å². The second-order valence-electron chi connectivity index (χ2n) is 20.1. The minimum atomic E-state index is -5.03. The maximum absolute atomic E-state index is 14.4. The molecular weight excluding hydrogens is 1080 g/mol. The maximum atomic E-state index is 14.4. The van der Waals surface area contributed by atoms with Crippen molar-refractivity contribution in [3.05, 3.63) is 117 Å². The molecule has 1 saturated heterocycles. The topological polar surface area (TPSA) is 294 Å². The highest BCUT2D eigenvalue weighted by molar-refractivity contribution is 9.09. The minimum absolute atomic E-state index is 0.0161. The summed E-state index contributed by atoms with van der Waals surface area (Å²) in [5.41, 5.74) is 1.30. The number of Topliss-reactive ketones (excluding diaryl/α,β-unsaturated/α-hetero) is 1. The molecule has 4 aliphatic carbocycles. The fourth-order valence-corrected chi connectivity index (χ4v) is 13.3. The number of aliphatic hydroxyl groups is 1. The Bertz CT molecular complexity index is 2770. The maximum Gasteiger partial charge on any atom is 0.470 e. The Morgan fingerprint density at radius 1 is 0.893 bits per heavy atom. The Kier molecular flexibility index (Phi) is 17.6. The van der Waals surface area contributed by atoms with Gasteiger partial charge in [-0.2, -0.15) is 0 Å². The molecule has 0 radical (unpaired) electrons. The number of thiophene rings is 1. The fourth-order valence-electron chi connectivity index (χ4n) is 12.0. The number of phosphoric acid groups is 1. The Morgan fingerprint density at radius 2 is 1.59 bits per heavy atom. The van der Waals surface area contributed by atoms with Gasteiger partial charge < -0.3 is 55.7 Å². The van der Waals surface area contributed by atoms with E-state index in [1.165, 1.54) is 11.3 Å². The molecule has 1 aliphatic heterocycles. The van der Waals surface area contributed by atoms with E-state index in [0.29, 0.717) is 30.6 Å². The summed E-state index contributed by atoms with van der Waals surface area (Å²) in [5.74, 6) is -3.95. The van der Waals surface area contributed by atoms with Crippen LogP contribution in [0.25, 0.3) is 0 Å². The summed E-state index contributed by atoms with van der Waals surface area (Å²) in [6.07, 6.45) is 5.10. The first-order valence-electron chi connectivity index (χ1n) is 24.6. The van der Waals surface area contributed by atoms with E-state index in [4.69, 9.17) is 18.7 Å². The lowest BCUT2D eigenvalue weighted by Gasteiger charge is -2.59. The average Bonchev–Trinajstić information content (AvgIpc) is 4.10. The van der Waals surface area contributed by atoms with E-state index in [-0.39, 0.29) is 61.6 Å². The van der Waals surface area contributed by atoms with E-state index in [0.717, 1.165) is 27.8 Å². The molecule has 3 aromatic rings. The lowest BCUT2D eigenvalue weighted by Crippen LogP contribution is -2.63. The molecule has 3 saturated carbocycles. The third kappa shape index (κ3) is 12.6. The molecule has 8 N–H and O–H groups in total. The lowest BCUT2D eigenvalue weighted by atomic mass is 9.46. The number of allylic oxidation sites excluding steroid dienone is 4. The number of carbonyl (C=O) groups excluding carboxylic acids is 7. The lowest BCUT2D eigenvalue weighted by molar-refractivity contribution is -0.200. The molecule has 20 nitrogen and oxygen atoms in total. The number of alkyl halides is 1. The molecule has 2 heterocycles. The number of phosphoric ester groups is 1. The number of carbonyl (C=O) groups is 7. The molecule has 23 heteroatoms. The number of rotatable bonds is 22. The van der Waals surface area contributed by atoms with Crippen molar-refractivity contribution in [2.75, 3.05) is 38.3 Å². The van der Waals surface area contributed by atoms with Gasteiger partial charge in [0, 0.05) is 23.2 Å². The Hall–Kier alpha value is -5.26. The number of aliphatic hydroxyl groups excluding tert-OH is 1. The number of hydrogen-bond donors (Lipinski definition) is 8. The van der Waals surface area contributed by atoms with Crippen molar-refractivity contribution < 1.29 is 71.8 Å². The van der Waals surface area contributed by atoms with Crippen LogP contribution in [-0.4, -0.2) is 118 Å². The standard InChI is InChI=1S/C52H61BrN5O15PS/c1-50-15-14-35(59)19-34(50)12-13-36-37-20-42-52(41(61)27-71-74(67,68)69,51(37,2)21-39(60)47(36)50)73-49(72-42)40-18-33(28-75-40)16-31-8-10-32(11-9-31)26-70-29-57-45(64)24-56-48(66)38(17-30-6-4-3-5-7-30)58-46(65)25-55-44(63)23-54-43(62)22-53/h3-11,14-15,18-19,28,36-39,42,47,49,60H,12-13,16-17,20-27,29H2,1-2H3,(H,54,62)(H,55,63)(H,56,66)(H,57,64)(H,58,65)(H2,67,68,69)/t36-,37-,38-,39-,42+,47+,49+,50-,51-,52+/m0/s1. The van der Waals surface area contributed by atoms with Crippen LogP contribution < -0.4 is 26.6 Å². The second-order valence-corrected chi connectivity index (χ2v) is 22.8. The van der Waals surface area contributed by atoms with Crippen LogP contribution in [0, 0.1) is 28.6 Å². The van der Waals surface area contributed by atoms with Gasteiger partial charge in [0.1, 0.15) is 19.4 Å². The number of hydrogen-bond acceptors (Lipinski definition) is 14. The van der Waals surface area contributed by atoms with Crippen molar-refractivity contribution in [2.24, 2.45) is 28.6 Å². The van der Waals surface area contributed by atoms with E-state index >= 15 is 0 Å². The summed E-state index contributed by atoms with van der Waals surface area (Å²) < 4.78 is 35.8. The zero-order chi connectivity index (χ0) is 53.7. The van der Waals surface area contributed by atoms with Crippen molar-refractivity contribution in [3.8, 4) is 0 Å². The third-order valence-electron chi connectivity index (χ3n) is 15.4. The number of benzene rings is 2. The summed E-state index contributed by atoms with van der Waals surface area (Å²) in [4.78, 5) is 109. The Balaban J connectivity index is 0.820. The summed E-state index contributed by atoms with van der Waals surface area (Å²) in [6, 6.07) is 17.5. The van der Waals surface area contributed by atoms with Crippen LogP contribution in [0.2, 0.25) is 0 Å². The fraction of sp³-hybridized carbons (Fsp3) is 0.481. The number of amides is 5. The molecule has 5 aliphatic rings. The Morgan fingerprint density at radius 3 is 2.32 bits per heavy atom. The molecule has 10 atom stereocenters. The van der Waals surface area contributed by atoms with E-state index < -0.39 is 104 Å². The predicted molar refractivity (Wildman–Crippen MR) is 274 cm³/mol. The van der Waals surface area contributed by atoms with Gasteiger partial charge in [-0.25, -0.2) is 4.57 Å². The third-order valence-corrected chi connectivity index (χ3v) is 17.3. The average molecular weight is 1140 g/mol. The molecule has 5 amide bonds. The van der Waals surface area contributed by atoms with Crippen LogP contribution >= 0.6 is 35.1 Å². The molecular formula is C52H61BrN5O15PS. The first-order chi connectivity index (χ1) is 35.7. The molecule has 2 aromatic carbocycles. The molecule has 8 rings (SSSR count). The first-order valence-corrected chi connectivity index (χ1v) is 28.1. The highest BCUT2D eigenvalue weighted by Gasteiger charge is 2.76. The number of fused-ring (bicyclic) bond motifs is 7. The van der Waals surface area contributed by atoms with Gasteiger partial charge in [0.05, 0.1) is 48.7 Å². The SMILES string of the molecule is C[C@]12C=CC(=O)C=C1CC[C@@H]1[C@@H]2[C@@H](O)C[C@@]2(C)[C@H]1C[C@H]1O[C@@H](c3cc(Cc4ccc(COCNC(=O)CNC(=O)[C@H](Cc5ccccc5)NC(=O)CNC(=O)CNC(=O)CBr)cc4)cs3)O[C@]12C(=O)COP(=O)(O)O. The summed E-state index contributed by atoms with van der Waals surface area (Å²) in [6.45, 7) is 1.93. The largest absolute Gasteiger partial charge is 0.470 e. The smallest absolute Gasteiger partial charge is 0.393 e. The number of halogens is 1. The predicted octanol–water partition coefficient (Wildman–Crippen LogP) is 3.12. The van der Waals surface area contributed by atoms with Crippen molar-refractivity contribution in [2.45, 2.75) is 89.1 Å². The van der Waals surface area contributed by atoms with Gasteiger partial charge in [-0.3, -0.25) is 38.1 Å². The van der Waals surface area contributed by atoms with Gasteiger partial charge >= 0.3 is 7.82 Å². The van der Waals surface area contributed by atoms with E-state index in [2.05, 4.69) is 49.4 Å². The molecule has 4 fully saturated rings. The normalized spacial score (nSPS) is 27.9. The molecule has 75 heavy (non-hydrogen) atoms. The zero-order valence-electron chi connectivity index (χ0n) is 41.3. The molecule has 0 bridgehead atoms. The van der Waals surface area contributed by atoms with Gasteiger partial charge in [-0.05, 0) is 89.8 Å². The van der Waals surface area contributed by atoms with E-state index in [1.807, 2.05) is 48.7 Å². The van der Waals surface area contributed by atoms with Gasteiger partial charge in [-0.1, -0.05) is 96.0 Å². The van der Waals surface area contributed by atoms with Gasteiger partial charge in [0.2, 0.25) is 29.5 Å². The van der Waals surface area contributed by atoms with Crippen LogP contribution in [-0.2, 0) is 76.3 Å². The van der Waals surface area contributed by atoms with Crippen LogP contribution in [0.15, 0.2) is 89.8 Å². The minimum Gasteiger partial charge on any atom is -0.393 e. The van der Waals surface area contributed by atoms with Gasteiger partial charge in [-0.15, -0.1) is 11.3 Å². The Labute approximate surface area is 445 Å². The van der Waals surface area contributed by atoms with Crippen LogP contribution in [0.5, 0.6) is 0 Å².